The van der Waals surface area contributed by atoms with E-state index in [9.17, 15) is 38.4 Å². The van der Waals surface area contributed by atoms with E-state index in [2.05, 4.69) is 13.2 Å². The number of esters is 8. The number of hydrogen-bond donors (Lipinski definition) is 0. The molecule has 0 radical (unpaired) electrons. The molecule has 0 fully saturated rings. The summed E-state index contributed by atoms with van der Waals surface area (Å²) in [5.74, 6) is -3.14. The lowest BCUT2D eigenvalue weighted by Gasteiger charge is -2.19. The van der Waals surface area contributed by atoms with E-state index in [1.807, 2.05) is 60.7 Å². The van der Waals surface area contributed by atoms with Crippen LogP contribution in [0, 0.1) is 0 Å². The molecule has 0 aliphatic heterocycles. The minimum absolute atomic E-state index is 0.128. The molecule has 0 amide bonds. The smallest absolute Gasteiger partial charge is 0.343 e. The Morgan fingerprint density at radius 3 is 0.819 bits per heavy atom. The zero-order valence-corrected chi connectivity index (χ0v) is 50.8. The zero-order valence-electron chi connectivity index (χ0n) is 50.8. The van der Waals surface area contributed by atoms with E-state index in [0.29, 0.717) is 57.4 Å². The number of hydrogen-bond acceptors (Lipinski definition) is 18. The first-order chi connectivity index (χ1) is 45.5. The Morgan fingerprint density at radius 1 is 0.287 bits per heavy atom. The third-order valence-electron chi connectivity index (χ3n) is 14.1. The fourth-order valence-electron chi connectivity index (χ4n) is 9.26. The molecule has 94 heavy (non-hydrogen) atoms. The third kappa shape index (κ3) is 16.7. The first-order valence-electron chi connectivity index (χ1n) is 29.4. The molecule has 0 spiro atoms. The number of carbonyl (C=O) groups is 8. The van der Waals surface area contributed by atoms with Crippen molar-refractivity contribution >= 4 is 69.3 Å². The number of carbonyl (C=O) groups excluding carboxylic acids is 8. The van der Waals surface area contributed by atoms with Gasteiger partial charge in [0.25, 0.3) is 0 Å². The molecule has 0 saturated carbocycles. The third-order valence-corrected chi connectivity index (χ3v) is 14.1. The monoisotopic (exact) mass is 1260 g/mol. The van der Waals surface area contributed by atoms with E-state index < -0.39 is 47.8 Å². The van der Waals surface area contributed by atoms with Crippen LogP contribution in [0.25, 0.3) is 32.7 Å². The summed E-state index contributed by atoms with van der Waals surface area (Å²) in [7, 11) is 0. The Bertz CT molecular complexity index is 4210. The first kappa shape index (κ1) is 64.5. The maximum Gasteiger partial charge on any atom is 0.343 e. The van der Waals surface area contributed by atoms with Crippen LogP contribution in [-0.2, 0) is 19.1 Å². The second-order valence-electron chi connectivity index (χ2n) is 21.0. The largest absolute Gasteiger partial charge is 0.493 e. The van der Waals surface area contributed by atoms with Crippen LogP contribution < -0.4 is 37.9 Å². The fourth-order valence-corrected chi connectivity index (χ4v) is 9.26. The second-order valence-corrected chi connectivity index (χ2v) is 21.0. The highest BCUT2D eigenvalue weighted by Crippen LogP contribution is 2.46. The molecule has 0 heterocycles. The molecule has 0 atom stereocenters. The van der Waals surface area contributed by atoms with Gasteiger partial charge >= 0.3 is 47.8 Å². The number of benzene rings is 10. The number of ether oxygens (including phenoxy) is 10. The van der Waals surface area contributed by atoms with Crippen molar-refractivity contribution in [2.45, 2.75) is 26.7 Å². The van der Waals surface area contributed by atoms with Crippen molar-refractivity contribution in [2.75, 3.05) is 26.4 Å². The van der Waals surface area contributed by atoms with E-state index in [0.717, 1.165) is 10.8 Å². The Balaban J connectivity index is 0.749. The quantitative estimate of drug-likeness (QED) is 0.0224. The molecule has 0 unspecified atom stereocenters. The van der Waals surface area contributed by atoms with Gasteiger partial charge in [0.15, 0.2) is 0 Å². The van der Waals surface area contributed by atoms with Crippen molar-refractivity contribution in [1.82, 2.24) is 0 Å². The molecule has 0 aliphatic carbocycles. The molecule has 0 saturated heterocycles. The highest BCUT2D eigenvalue weighted by atomic mass is 16.6. The van der Waals surface area contributed by atoms with E-state index in [1.54, 1.807) is 74.5 Å². The van der Waals surface area contributed by atoms with E-state index >= 15 is 0 Å². The van der Waals surface area contributed by atoms with Gasteiger partial charge < -0.3 is 47.4 Å². The molecule has 470 valence electrons. The van der Waals surface area contributed by atoms with Crippen molar-refractivity contribution in [2.24, 2.45) is 0 Å². The number of rotatable bonds is 25. The van der Waals surface area contributed by atoms with Crippen LogP contribution in [-0.4, -0.2) is 74.2 Å². The predicted molar refractivity (Wildman–Crippen MR) is 347 cm³/mol. The van der Waals surface area contributed by atoms with Gasteiger partial charge in [-0.15, -0.1) is 0 Å². The maximum atomic E-state index is 14.1. The van der Waals surface area contributed by atoms with Gasteiger partial charge in [-0.25, -0.2) is 38.4 Å². The lowest BCUT2D eigenvalue weighted by molar-refractivity contribution is -0.140. The summed E-state index contributed by atoms with van der Waals surface area (Å²) in [6.07, 6.45) is 0.930. The molecule has 0 aliphatic rings. The normalized spacial score (nSPS) is 10.7. The minimum atomic E-state index is -0.737. The Hall–Kier alpha value is -12.4. The molecule has 10 aromatic rings. The Morgan fingerprint density at radius 2 is 0.543 bits per heavy atom. The maximum absolute atomic E-state index is 14.1. The van der Waals surface area contributed by atoms with Gasteiger partial charge in [-0.3, -0.25) is 0 Å². The summed E-state index contributed by atoms with van der Waals surface area (Å²) in [6.45, 7) is 11.2. The standard InChI is InChI=1S/C76H58O18/c1-47(2)69(77)87-45-9-43-85-57-29-15-51(16-30-57)71(79)89-59-33-19-53(20-34-59)73(81)91-61-37-23-55(24-38-61)75(83)93-65-41-27-49-11-5-7-13-63(49)67(65)68-64-14-8-6-12-50(64)28-42-66(68)94-76(84)56-25-39-62(40-26-56)92-74(82)54-21-35-60(36-22-54)90-72(80)52-17-31-58(32-18-52)86-44-10-46-88-70(78)48(3)4/h5-8,11-42H,1,3,9-10,43-46H2,2,4H3. The van der Waals surface area contributed by atoms with E-state index in [4.69, 9.17) is 47.4 Å². The molecule has 18 nitrogen and oxygen atoms in total. The molecule has 0 aromatic heterocycles. The van der Waals surface area contributed by atoms with Gasteiger partial charge in [0.05, 0.1) is 59.8 Å². The van der Waals surface area contributed by atoms with Crippen molar-refractivity contribution in [3.8, 4) is 57.1 Å². The zero-order chi connectivity index (χ0) is 66.1. The Kier molecular flexibility index (Phi) is 20.9. The summed E-state index contributed by atoms with van der Waals surface area (Å²) in [4.78, 5) is 104. The SMILES string of the molecule is C=C(C)C(=O)OCCCOc1ccc(C(=O)Oc2ccc(C(=O)Oc3ccc(C(=O)Oc4ccc5ccccc5c4-c4c(OC(=O)c5ccc(OC(=O)c6ccc(OC(=O)c7ccc(OCCCOC(=O)C(=C)C)cc7)cc6)cc5)ccc5ccccc45)cc3)cc2)cc1. The highest BCUT2D eigenvalue weighted by Gasteiger charge is 2.24. The molecular formula is C76H58O18. The molecule has 10 rings (SSSR count). The topological polar surface area (TPSA) is 229 Å². The first-order valence-corrected chi connectivity index (χ1v) is 29.4. The average molecular weight is 1260 g/mol. The van der Waals surface area contributed by atoms with Crippen LogP contribution in [0.1, 0.15) is 88.8 Å². The molecule has 0 bridgehead atoms. The number of fused-ring (bicyclic) bond motifs is 2. The van der Waals surface area contributed by atoms with Crippen molar-refractivity contribution < 1.29 is 85.7 Å². The predicted octanol–water partition coefficient (Wildman–Crippen LogP) is 14.8. The minimum Gasteiger partial charge on any atom is -0.493 e. The van der Waals surface area contributed by atoms with Crippen LogP contribution in [0.5, 0.6) is 46.0 Å². The van der Waals surface area contributed by atoms with Gasteiger partial charge in [0.1, 0.15) is 46.0 Å². The van der Waals surface area contributed by atoms with Gasteiger partial charge in [-0.2, -0.15) is 0 Å². The van der Waals surface area contributed by atoms with Crippen LogP contribution >= 0.6 is 0 Å². The van der Waals surface area contributed by atoms with E-state index in [-0.39, 0.29) is 94.3 Å². The molecule has 10 aromatic carbocycles. The lowest BCUT2D eigenvalue weighted by atomic mass is 9.92. The van der Waals surface area contributed by atoms with Crippen LogP contribution in [0.4, 0.5) is 0 Å². The molecule has 18 heteroatoms. The summed E-state index contributed by atoms with van der Waals surface area (Å²) >= 11 is 0. The second kappa shape index (κ2) is 30.4. The van der Waals surface area contributed by atoms with Gasteiger partial charge in [0, 0.05) is 35.1 Å². The van der Waals surface area contributed by atoms with Crippen molar-refractivity contribution in [3.05, 3.63) is 276 Å². The van der Waals surface area contributed by atoms with Crippen LogP contribution in [0.15, 0.2) is 243 Å². The summed E-state index contributed by atoms with van der Waals surface area (Å²) in [6, 6.07) is 57.8. The molecule has 0 N–H and O–H groups in total. The van der Waals surface area contributed by atoms with Crippen LogP contribution in [0.2, 0.25) is 0 Å². The average Bonchev–Trinajstić information content (AvgIpc) is 0.753. The molecular weight excluding hydrogens is 1200 g/mol. The Labute approximate surface area is 539 Å². The van der Waals surface area contributed by atoms with Gasteiger partial charge in [-0.05, 0) is 193 Å². The summed E-state index contributed by atoms with van der Waals surface area (Å²) < 4.78 is 56.1. The summed E-state index contributed by atoms with van der Waals surface area (Å²) in [5.41, 5.74) is 2.65. The fraction of sp³-hybridized carbons (Fsp3) is 0.105. The summed E-state index contributed by atoms with van der Waals surface area (Å²) in [5, 5.41) is 2.98. The lowest BCUT2D eigenvalue weighted by Crippen LogP contribution is -2.12. The van der Waals surface area contributed by atoms with Gasteiger partial charge in [0.2, 0.25) is 0 Å². The van der Waals surface area contributed by atoms with Crippen molar-refractivity contribution in [1.29, 1.82) is 0 Å². The van der Waals surface area contributed by atoms with Crippen LogP contribution in [0.3, 0.4) is 0 Å². The highest BCUT2D eigenvalue weighted by molar-refractivity contribution is 6.11. The van der Waals surface area contributed by atoms with E-state index in [1.165, 1.54) is 97.1 Å². The van der Waals surface area contributed by atoms with Gasteiger partial charge in [-0.1, -0.05) is 73.8 Å². The van der Waals surface area contributed by atoms with Crippen molar-refractivity contribution in [3.63, 3.8) is 0 Å².